The summed E-state index contributed by atoms with van der Waals surface area (Å²) in [4.78, 5) is 23.2. The number of hydrogen-bond acceptors (Lipinski definition) is 4. The average Bonchev–Trinajstić information content (AvgIpc) is 2.86. The number of carbonyl (C=O) groups is 2. The molecule has 0 aliphatic carbocycles. The average molecular weight is 324 g/mol. The number of amides is 2. The quantitative estimate of drug-likeness (QED) is 0.809. The van der Waals surface area contributed by atoms with Crippen LogP contribution < -0.4 is 10.7 Å². The van der Waals surface area contributed by atoms with Gasteiger partial charge < -0.3 is 5.32 Å². The van der Waals surface area contributed by atoms with E-state index in [2.05, 4.69) is 36.9 Å². The van der Waals surface area contributed by atoms with Crippen molar-refractivity contribution in [3.8, 4) is 0 Å². The fourth-order valence-corrected chi connectivity index (χ4v) is 1.58. The summed E-state index contributed by atoms with van der Waals surface area (Å²) < 4.78 is 2.12. The van der Waals surface area contributed by atoms with Crippen molar-refractivity contribution in [3.63, 3.8) is 0 Å². The van der Waals surface area contributed by atoms with E-state index in [-0.39, 0.29) is 0 Å². The van der Waals surface area contributed by atoms with Crippen LogP contribution in [0.1, 0.15) is 5.56 Å². The van der Waals surface area contributed by atoms with E-state index in [0.29, 0.717) is 5.69 Å². The highest BCUT2D eigenvalue weighted by Crippen LogP contribution is 2.19. The molecule has 0 radical (unpaired) electrons. The minimum atomic E-state index is -0.805. The third kappa shape index (κ3) is 3.38. The molecule has 19 heavy (non-hydrogen) atoms. The van der Waals surface area contributed by atoms with Crippen molar-refractivity contribution in [1.29, 1.82) is 0 Å². The number of aromatic nitrogens is 3. The molecular weight excluding hydrogens is 314 g/mol. The number of anilines is 1. The minimum absolute atomic E-state index is 0.546. The van der Waals surface area contributed by atoms with Gasteiger partial charge in [-0.3, -0.25) is 15.0 Å². The molecule has 2 rings (SSSR count). The third-order valence-electron chi connectivity index (χ3n) is 2.27. The predicted octanol–water partition coefficient (Wildman–Crippen LogP) is 1.06. The number of benzene rings is 1. The first-order valence-electron chi connectivity index (χ1n) is 5.29. The first-order chi connectivity index (χ1) is 9.06. The Morgan fingerprint density at radius 1 is 1.21 bits per heavy atom. The van der Waals surface area contributed by atoms with Gasteiger partial charge in [-0.15, -0.1) is 10.2 Å². The fraction of sp³-hybridized carbons (Fsp3) is 0.0909. The lowest BCUT2D eigenvalue weighted by atomic mass is 10.2. The molecule has 0 atom stereocenters. The number of rotatable bonds is 2. The Hall–Kier alpha value is -2.22. The number of carbonyl (C=O) groups excluding carboxylic acids is 2. The Kier molecular flexibility index (Phi) is 3.91. The normalized spacial score (nSPS) is 10.0. The van der Waals surface area contributed by atoms with Gasteiger partial charge in [0.25, 0.3) is 0 Å². The third-order valence-corrected chi connectivity index (χ3v) is 3.16. The maximum atomic E-state index is 11.6. The molecule has 1 heterocycles. The molecule has 0 saturated heterocycles. The van der Waals surface area contributed by atoms with Crippen molar-refractivity contribution in [2.45, 2.75) is 6.92 Å². The number of aryl methyl sites for hydroxylation is 1. The van der Waals surface area contributed by atoms with Gasteiger partial charge in [0.15, 0.2) is 0 Å². The zero-order valence-corrected chi connectivity index (χ0v) is 11.5. The Labute approximate surface area is 117 Å². The highest BCUT2D eigenvalue weighted by Gasteiger charge is 2.14. The second kappa shape index (κ2) is 5.61. The molecule has 2 N–H and O–H groups in total. The van der Waals surface area contributed by atoms with Gasteiger partial charge in [0, 0.05) is 10.2 Å². The molecule has 0 fully saturated rings. The van der Waals surface area contributed by atoms with Gasteiger partial charge in [-0.25, -0.2) is 4.68 Å². The molecule has 8 heteroatoms. The summed E-state index contributed by atoms with van der Waals surface area (Å²) in [5.74, 6) is -1.57. The van der Waals surface area contributed by atoms with E-state index in [1.165, 1.54) is 17.3 Å². The molecule has 7 nitrogen and oxygen atoms in total. The Morgan fingerprint density at radius 2 is 1.89 bits per heavy atom. The van der Waals surface area contributed by atoms with Crippen LogP contribution in [0.15, 0.2) is 35.3 Å². The standard InChI is InChI=1S/C11H10BrN5O2/c1-7-4-8(2-3-9(7)12)15-10(18)11(19)16-17-5-13-14-6-17/h2-6H,1H3,(H,15,18)(H,16,19). The molecule has 0 bridgehead atoms. The summed E-state index contributed by atoms with van der Waals surface area (Å²) in [6.45, 7) is 1.89. The Balaban J connectivity index is 2.00. The van der Waals surface area contributed by atoms with Crippen LogP contribution in [0.3, 0.4) is 0 Å². The van der Waals surface area contributed by atoms with Crippen LogP contribution in [0.2, 0.25) is 0 Å². The topological polar surface area (TPSA) is 88.9 Å². The number of hydrogen-bond donors (Lipinski definition) is 2. The first-order valence-corrected chi connectivity index (χ1v) is 6.08. The Morgan fingerprint density at radius 3 is 2.53 bits per heavy atom. The molecule has 2 amide bonds. The number of nitrogens with one attached hydrogen (secondary N) is 2. The van der Waals surface area contributed by atoms with E-state index in [1.807, 2.05) is 6.92 Å². The van der Waals surface area contributed by atoms with E-state index in [4.69, 9.17) is 0 Å². The van der Waals surface area contributed by atoms with Gasteiger partial charge in [-0.1, -0.05) is 15.9 Å². The van der Waals surface area contributed by atoms with Crippen molar-refractivity contribution in [2.24, 2.45) is 0 Å². The van der Waals surface area contributed by atoms with Gasteiger partial charge in [0.2, 0.25) is 0 Å². The smallest absolute Gasteiger partial charge is 0.318 e. The summed E-state index contributed by atoms with van der Waals surface area (Å²) in [5.41, 5.74) is 3.80. The van der Waals surface area contributed by atoms with Crippen molar-refractivity contribution < 1.29 is 9.59 Å². The Bertz CT molecular complexity index is 612. The van der Waals surface area contributed by atoms with Crippen LogP contribution in [0, 0.1) is 6.92 Å². The van der Waals surface area contributed by atoms with Crippen LogP contribution in [0.5, 0.6) is 0 Å². The van der Waals surface area contributed by atoms with E-state index in [9.17, 15) is 9.59 Å². The van der Waals surface area contributed by atoms with Crippen molar-refractivity contribution in [1.82, 2.24) is 14.9 Å². The molecule has 1 aromatic carbocycles. The second-order valence-electron chi connectivity index (χ2n) is 3.73. The lowest BCUT2D eigenvalue weighted by molar-refractivity contribution is -0.133. The highest BCUT2D eigenvalue weighted by atomic mass is 79.9. The zero-order valence-electron chi connectivity index (χ0n) is 9.92. The maximum absolute atomic E-state index is 11.6. The largest absolute Gasteiger partial charge is 0.328 e. The molecule has 0 aliphatic heterocycles. The van der Waals surface area contributed by atoms with Crippen molar-refractivity contribution in [3.05, 3.63) is 40.9 Å². The molecule has 0 aliphatic rings. The predicted molar refractivity (Wildman–Crippen MR) is 71.9 cm³/mol. The second-order valence-corrected chi connectivity index (χ2v) is 4.58. The van der Waals surface area contributed by atoms with Gasteiger partial charge in [0.1, 0.15) is 12.7 Å². The van der Waals surface area contributed by atoms with Gasteiger partial charge in [-0.2, -0.15) is 0 Å². The number of nitrogens with zero attached hydrogens (tertiary/aromatic N) is 3. The number of halogens is 1. The fourth-order valence-electron chi connectivity index (χ4n) is 1.34. The van der Waals surface area contributed by atoms with Gasteiger partial charge >= 0.3 is 11.8 Å². The maximum Gasteiger partial charge on any atom is 0.328 e. The van der Waals surface area contributed by atoms with E-state index in [0.717, 1.165) is 10.0 Å². The lowest BCUT2D eigenvalue weighted by Crippen LogP contribution is -2.33. The lowest BCUT2D eigenvalue weighted by Gasteiger charge is -2.07. The van der Waals surface area contributed by atoms with Gasteiger partial charge in [0.05, 0.1) is 0 Å². The highest BCUT2D eigenvalue weighted by molar-refractivity contribution is 9.10. The van der Waals surface area contributed by atoms with Crippen LogP contribution >= 0.6 is 15.9 Å². The summed E-state index contributed by atoms with van der Waals surface area (Å²) in [6, 6.07) is 5.25. The van der Waals surface area contributed by atoms with Gasteiger partial charge in [-0.05, 0) is 30.7 Å². The van der Waals surface area contributed by atoms with E-state index < -0.39 is 11.8 Å². The molecule has 2 aromatic rings. The first kappa shape index (κ1) is 13.2. The molecule has 0 saturated carbocycles. The molecule has 98 valence electrons. The minimum Gasteiger partial charge on any atom is -0.318 e. The summed E-state index contributed by atoms with van der Waals surface area (Å²) in [5, 5.41) is 9.50. The van der Waals surface area contributed by atoms with E-state index in [1.54, 1.807) is 18.2 Å². The molecule has 0 spiro atoms. The molecular formula is C11H10BrN5O2. The monoisotopic (exact) mass is 323 g/mol. The molecule has 1 aromatic heterocycles. The van der Waals surface area contributed by atoms with Crippen LogP contribution in [0.4, 0.5) is 5.69 Å². The van der Waals surface area contributed by atoms with Crippen LogP contribution in [-0.4, -0.2) is 26.7 Å². The summed E-state index contributed by atoms with van der Waals surface area (Å²) in [7, 11) is 0. The van der Waals surface area contributed by atoms with Crippen LogP contribution in [0.25, 0.3) is 0 Å². The zero-order chi connectivity index (χ0) is 13.8. The van der Waals surface area contributed by atoms with E-state index >= 15 is 0 Å². The van der Waals surface area contributed by atoms with Crippen molar-refractivity contribution >= 4 is 33.4 Å². The SMILES string of the molecule is Cc1cc(NC(=O)C(=O)Nn2cnnc2)ccc1Br. The summed E-state index contributed by atoms with van der Waals surface area (Å²) >= 11 is 3.36. The molecule has 0 unspecified atom stereocenters. The van der Waals surface area contributed by atoms with Crippen molar-refractivity contribution in [2.75, 3.05) is 10.7 Å². The van der Waals surface area contributed by atoms with Crippen LogP contribution in [-0.2, 0) is 9.59 Å². The summed E-state index contributed by atoms with van der Waals surface area (Å²) in [6.07, 6.45) is 2.55.